The Morgan fingerprint density at radius 3 is 2.48 bits per heavy atom. The minimum atomic E-state index is 0. The lowest BCUT2D eigenvalue weighted by atomic mass is 9.68. The molecule has 0 amide bonds. The van der Waals surface area contributed by atoms with Gasteiger partial charge < -0.3 is 15.1 Å². The van der Waals surface area contributed by atoms with Crippen molar-refractivity contribution < 1.29 is 0 Å². The van der Waals surface area contributed by atoms with Crippen LogP contribution in [0.25, 0.3) is 0 Å². The van der Waals surface area contributed by atoms with Gasteiger partial charge in [-0.3, -0.25) is 4.99 Å². The van der Waals surface area contributed by atoms with Crippen molar-refractivity contribution in [3.63, 3.8) is 0 Å². The predicted octanol–water partition coefficient (Wildman–Crippen LogP) is 3.23. The highest BCUT2D eigenvalue weighted by Gasteiger charge is 2.43. The molecule has 25 heavy (non-hydrogen) atoms. The second kappa shape index (κ2) is 9.21. The van der Waals surface area contributed by atoms with Gasteiger partial charge in [-0.1, -0.05) is 36.8 Å². The minimum absolute atomic E-state index is 0. The van der Waals surface area contributed by atoms with E-state index in [2.05, 4.69) is 64.5 Å². The maximum absolute atomic E-state index is 4.55. The van der Waals surface area contributed by atoms with Crippen LogP contribution >= 0.6 is 24.0 Å². The van der Waals surface area contributed by atoms with Gasteiger partial charge in [-0.05, 0) is 50.8 Å². The molecule has 3 rings (SSSR count). The van der Waals surface area contributed by atoms with Gasteiger partial charge in [0.2, 0.25) is 0 Å². The highest BCUT2D eigenvalue weighted by Crippen LogP contribution is 2.47. The lowest BCUT2D eigenvalue weighted by Gasteiger charge is -2.38. The van der Waals surface area contributed by atoms with Crippen LogP contribution in [0.5, 0.6) is 0 Å². The van der Waals surface area contributed by atoms with Gasteiger partial charge in [-0.2, -0.15) is 0 Å². The molecule has 1 saturated heterocycles. The van der Waals surface area contributed by atoms with E-state index in [0.29, 0.717) is 11.5 Å². The van der Waals surface area contributed by atoms with Crippen LogP contribution in [0.1, 0.15) is 31.2 Å². The summed E-state index contributed by atoms with van der Waals surface area (Å²) in [6, 6.07) is 11.2. The zero-order valence-corrected chi connectivity index (χ0v) is 18.2. The van der Waals surface area contributed by atoms with Crippen molar-refractivity contribution in [1.82, 2.24) is 15.1 Å². The Kier molecular flexibility index (Phi) is 7.55. The van der Waals surface area contributed by atoms with E-state index in [1.54, 1.807) is 0 Å². The number of nitrogens with one attached hydrogen (secondary N) is 1. The van der Waals surface area contributed by atoms with E-state index in [1.165, 1.54) is 37.8 Å². The topological polar surface area (TPSA) is 30.9 Å². The van der Waals surface area contributed by atoms with Crippen LogP contribution in [0.15, 0.2) is 35.3 Å². The van der Waals surface area contributed by atoms with Crippen molar-refractivity contribution in [2.24, 2.45) is 10.4 Å². The molecule has 1 N–H and O–H groups in total. The molecule has 0 bridgehead atoms. The first-order chi connectivity index (χ1) is 11.6. The third-order valence-corrected chi connectivity index (χ3v) is 5.90. The first-order valence-electron chi connectivity index (χ1n) is 9.28. The summed E-state index contributed by atoms with van der Waals surface area (Å²) in [5.74, 6) is 1.08. The number of aliphatic imine (C=N–C) groups is 1. The number of hydrogen-bond donors (Lipinski definition) is 1. The molecular formula is C20H33IN4. The largest absolute Gasteiger partial charge is 0.355 e. The summed E-state index contributed by atoms with van der Waals surface area (Å²) in [7, 11) is 6.24. The van der Waals surface area contributed by atoms with E-state index in [4.69, 9.17) is 0 Å². The van der Waals surface area contributed by atoms with Gasteiger partial charge >= 0.3 is 0 Å². The molecule has 140 valence electrons. The Balaban J connectivity index is 0.00000225. The zero-order chi connectivity index (χ0) is 17.0. The molecule has 0 radical (unpaired) electrons. The fourth-order valence-electron chi connectivity index (χ4n) is 4.07. The predicted molar refractivity (Wildman–Crippen MR) is 117 cm³/mol. The number of halogens is 1. The van der Waals surface area contributed by atoms with E-state index in [0.717, 1.165) is 25.5 Å². The van der Waals surface area contributed by atoms with Crippen molar-refractivity contribution in [3.05, 3.63) is 35.9 Å². The van der Waals surface area contributed by atoms with Crippen LogP contribution in [0.2, 0.25) is 0 Å². The first kappa shape index (κ1) is 20.5. The SMILES string of the molecule is CN=C(NCC(Cc1ccccc1)N(C)C)N1CCC2(CCC2)C1.I. The summed E-state index contributed by atoms with van der Waals surface area (Å²) in [6.07, 6.45) is 6.64. The van der Waals surface area contributed by atoms with Crippen molar-refractivity contribution >= 4 is 29.9 Å². The molecule has 4 nitrogen and oxygen atoms in total. The number of hydrogen-bond acceptors (Lipinski definition) is 2. The molecule has 2 fully saturated rings. The normalized spacial score (nSPS) is 20.3. The summed E-state index contributed by atoms with van der Waals surface area (Å²) in [5, 5.41) is 3.63. The van der Waals surface area contributed by atoms with Gasteiger partial charge in [-0.15, -0.1) is 24.0 Å². The molecule has 1 saturated carbocycles. The number of nitrogens with zero attached hydrogens (tertiary/aromatic N) is 3. The minimum Gasteiger partial charge on any atom is -0.355 e. The smallest absolute Gasteiger partial charge is 0.193 e. The Hall–Kier alpha value is -0.820. The third kappa shape index (κ3) is 5.09. The van der Waals surface area contributed by atoms with E-state index in [-0.39, 0.29) is 24.0 Å². The maximum atomic E-state index is 4.55. The molecule has 1 aromatic carbocycles. The van der Waals surface area contributed by atoms with Crippen molar-refractivity contribution in [2.75, 3.05) is 40.8 Å². The van der Waals surface area contributed by atoms with Crippen molar-refractivity contribution in [2.45, 2.75) is 38.1 Å². The number of likely N-dealkylation sites (N-methyl/N-ethyl adjacent to an activating group) is 1. The number of rotatable bonds is 5. The lowest BCUT2D eigenvalue weighted by molar-refractivity contribution is 0.151. The zero-order valence-electron chi connectivity index (χ0n) is 15.9. The second-order valence-corrected chi connectivity index (χ2v) is 7.76. The van der Waals surface area contributed by atoms with E-state index in [9.17, 15) is 0 Å². The van der Waals surface area contributed by atoms with E-state index >= 15 is 0 Å². The molecule has 1 atom stereocenters. The molecular weight excluding hydrogens is 423 g/mol. The van der Waals surface area contributed by atoms with E-state index in [1.807, 2.05) is 7.05 Å². The molecule has 1 aromatic rings. The maximum Gasteiger partial charge on any atom is 0.193 e. The number of guanidine groups is 1. The van der Waals surface area contributed by atoms with Crippen LogP contribution in [0.3, 0.4) is 0 Å². The fourth-order valence-corrected chi connectivity index (χ4v) is 4.07. The average molecular weight is 456 g/mol. The highest BCUT2D eigenvalue weighted by atomic mass is 127. The van der Waals surface area contributed by atoms with Gasteiger partial charge in [0.25, 0.3) is 0 Å². The summed E-state index contributed by atoms with van der Waals surface area (Å²) in [4.78, 5) is 9.32. The molecule has 1 aliphatic carbocycles. The summed E-state index contributed by atoms with van der Waals surface area (Å²) in [6.45, 7) is 3.28. The summed E-state index contributed by atoms with van der Waals surface area (Å²) < 4.78 is 0. The molecule has 2 aliphatic rings. The number of likely N-dealkylation sites (tertiary alicyclic amines) is 1. The van der Waals surface area contributed by atoms with Crippen LogP contribution in [-0.2, 0) is 6.42 Å². The van der Waals surface area contributed by atoms with Crippen molar-refractivity contribution in [1.29, 1.82) is 0 Å². The average Bonchev–Trinajstić information content (AvgIpc) is 3.01. The quantitative estimate of drug-likeness (QED) is 0.420. The molecule has 5 heteroatoms. The summed E-state index contributed by atoms with van der Waals surface area (Å²) in [5.41, 5.74) is 2.00. The van der Waals surface area contributed by atoms with Gasteiger partial charge in [0.05, 0.1) is 0 Å². The van der Waals surface area contributed by atoms with E-state index < -0.39 is 0 Å². The first-order valence-corrected chi connectivity index (χ1v) is 9.28. The molecule has 1 heterocycles. The molecule has 1 unspecified atom stereocenters. The third-order valence-electron chi connectivity index (χ3n) is 5.90. The van der Waals surface area contributed by atoms with Gasteiger partial charge in [-0.25, -0.2) is 0 Å². The van der Waals surface area contributed by atoms with Crippen LogP contribution in [0, 0.1) is 5.41 Å². The highest BCUT2D eigenvalue weighted by molar-refractivity contribution is 14.0. The van der Waals surface area contributed by atoms with Gasteiger partial charge in [0.15, 0.2) is 5.96 Å². The Labute approximate surface area is 170 Å². The Morgan fingerprint density at radius 2 is 1.96 bits per heavy atom. The lowest BCUT2D eigenvalue weighted by Crippen LogP contribution is -2.47. The Morgan fingerprint density at radius 1 is 1.24 bits per heavy atom. The fraction of sp³-hybridized carbons (Fsp3) is 0.650. The van der Waals surface area contributed by atoms with Crippen molar-refractivity contribution in [3.8, 4) is 0 Å². The van der Waals surface area contributed by atoms with Gasteiger partial charge in [0, 0.05) is 32.7 Å². The Bertz CT molecular complexity index is 554. The second-order valence-electron chi connectivity index (χ2n) is 7.76. The van der Waals surface area contributed by atoms with Crippen LogP contribution in [0.4, 0.5) is 0 Å². The molecule has 1 spiro atoms. The van der Waals surface area contributed by atoms with Crippen LogP contribution < -0.4 is 5.32 Å². The molecule has 1 aliphatic heterocycles. The number of benzene rings is 1. The standard InChI is InChI=1S/C20H32N4.HI/c1-21-19(24-13-12-20(16-24)10-7-11-20)22-15-18(23(2)3)14-17-8-5-4-6-9-17;/h4-6,8-9,18H,7,10-16H2,1-3H3,(H,21,22);1H. The van der Waals surface area contributed by atoms with Crippen LogP contribution in [-0.4, -0.2) is 62.6 Å². The monoisotopic (exact) mass is 456 g/mol. The van der Waals surface area contributed by atoms with Gasteiger partial charge in [0.1, 0.15) is 0 Å². The molecule has 0 aromatic heterocycles. The summed E-state index contributed by atoms with van der Waals surface area (Å²) >= 11 is 0.